The predicted molar refractivity (Wildman–Crippen MR) is 50.6 cm³/mol. The van der Waals surface area contributed by atoms with Gasteiger partial charge in [0, 0.05) is 19.1 Å². The van der Waals surface area contributed by atoms with Crippen LogP contribution in [0, 0.1) is 5.92 Å². The fourth-order valence-corrected chi connectivity index (χ4v) is 1.89. The van der Waals surface area contributed by atoms with Crippen molar-refractivity contribution in [2.75, 3.05) is 13.1 Å². The van der Waals surface area contributed by atoms with E-state index in [4.69, 9.17) is 10.8 Å². The molecule has 1 atom stereocenters. The van der Waals surface area contributed by atoms with E-state index >= 15 is 0 Å². The minimum Gasteiger partial charge on any atom is -0.465 e. The van der Waals surface area contributed by atoms with E-state index in [1.54, 1.807) is 0 Å². The van der Waals surface area contributed by atoms with Crippen LogP contribution in [-0.4, -0.2) is 35.2 Å². The fraction of sp³-hybridized carbons (Fsp3) is 0.889. The lowest BCUT2D eigenvalue weighted by molar-refractivity contribution is 0.122. The molecule has 4 heteroatoms. The van der Waals surface area contributed by atoms with Gasteiger partial charge in [-0.05, 0) is 32.1 Å². The number of likely N-dealkylation sites (tertiary alicyclic amines) is 1. The van der Waals surface area contributed by atoms with Crippen LogP contribution in [0.2, 0.25) is 0 Å². The van der Waals surface area contributed by atoms with Gasteiger partial charge in [0.1, 0.15) is 0 Å². The summed E-state index contributed by atoms with van der Waals surface area (Å²) < 4.78 is 0. The number of nitrogens with zero attached hydrogens (tertiary/aromatic N) is 1. The molecule has 0 aromatic carbocycles. The maximum Gasteiger partial charge on any atom is 0.407 e. The van der Waals surface area contributed by atoms with Gasteiger partial charge in [0.15, 0.2) is 0 Å². The van der Waals surface area contributed by atoms with Gasteiger partial charge in [-0.3, -0.25) is 0 Å². The quantitative estimate of drug-likeness (QED) is 0.679. The molecule has 0 bridgehead atoms. The van der Waals surface area contributed by atoms with E-state index in [-0.39, 0.29) is 6.04 Å². The van der Waals surface area contributed by atoms with E-state index in [1.807, 2.05) is 6.92 Å². The zero-order valence-corrected chi connectivity index (χ0v) is 8.07. The molecule has 0 aliphatic carbocycles. The fourth-order valence-electron chi connectivity index (χ4n) is 1.89. The number of rotatable bonds is 2. The van der Waals surface area contributed by atoms with Crippen molar-refractivity contribution in [1.29, 1.82) is 0 Å². The topological polar surface area (TPSA) is 66.6 Å². The molecule has 1 aliphatic heterocycles. The molecule has 1 rings (SSSR count). The summed E-state index contributed by atoms with van der Waals surface area (Å²) in [6, 6.07) is 0.237. The molecular weight excluding hydrogens is 168 g/mol. The Bertz CT molecular complexity index is 174. The first kappa shape index (κ1) is 10.3. The third kappa shape index (κ3) is 3.22. The van der Waals surface area contributed by atoms with E-state index in [9.17, 15) is 4.79 Å². The van der Waals surface area contributed by atoms with Crippen LogP contribution < -0.4 is 5.73 Å². The molecule has 3 N–H and O–H groups in total. The second-order valence-corrected chi connectivity index (χ2v) is 3.93. The Kier molecular flexibility index (Phi) is 3.54. The van der Waals surface area contributed by atoms with Crippen molar-refractivity contribution in [3.05, 3.63) is 0 Å². The maximum atomic E-state index is 10.6. The Balaban J connectivity index is 2.26. The van der Waals surface area contributed by atoms with Gasteiger partial charge in [-0.25, -0.2) is 4.79 Å². The maximum absolute atomic E-state index is 10.6. The molecule has 1 fully saturated rings. The van der Waals surface area contributed by atoms with Crippen molar-refractivity contribution in [3.8, 4) is 0 Å². The first-order valence-corrected chi connectivity index (χ1v) is 4.83. The van der Waals surface area contributed by atoms with Gasteiger partial charge < -0.3 is 15.7 Å². The van der Waals surface area contributed by atoms with Crippen molar-refractivity contribution >= 4 is 6.09 Å². The zero-order chi connectivity index (χ0) is 9.84. The lowest BCUT2D eigenvalue weighted by Gasteiger charge is -2.30. The summed E-state index contributed by atoms with van der Waals surface area (Å²) in [6.07, 6.45) is 2.16. The van der Waals surface area contributed by atoms with Crippen molar-refractivity contribution < 1.29 is 9.90 Å². The van der Waals surface area contributed by atoms with Gasteiger partial charge in [0.2, 0.25) is 0 Å². The molecule has 4 nitrogen and oxygen atoms in total. The molecule has 76 valence electrons. The molecule has 0 spiro atoms. The van der Waals surface area contributed by atoms with Gasteiger partial charge in [-0.15, -0.1) is 0 Å². The Labute approximate surface area is 78.7 Å². The van der Waals surface area contributed by atoms with E-state index in [0.717, 1.165) is 19.3 Å². The number of nitrogens with two attached hydrogens (primary N) is 1. The third-order valence-electron chi connectivity index (χ3n) is 2.59. The van der Waals surface area contributed by atoms with Gasteiger partial charge in [0.25, 0.3) is 0 Å². The lowest BCUT2D eigenvalue weighted by Crippen LogP contribution is -2.38. The molecule has 0 aromatic rings. The molecule has 0 radical (unpaired) electrons. The summed E-state index contributed by atoms with van der Waals surface area (Å²) in [5.74, 6) is 0.621. The highest BCUT2D eigenvalue weighted by atomic mass is 16.4. The standard InChI is InChI=1S/C9H18N2O2/c1-7(10)6-8-2-4-11(5-3-8)9(12)13/h7-8H,2-6,10H2,1H3,(H,12,13). The lowest BCUT2D eigenvalue weighted by atomic mass is 9.91. The average Bonchev–Trinajstić information content (AvgIpc) is 2.04. The number of carbonyl (C=O) groups is 1. The highest BCUT2D eigenvalue weighted by Gasteiger charge is 2.22. The zero-order valence-electron chi connectivity index (χ0n) is 8.07. The number of amides is 1. The molecule has 0 saturated carbocycles. The van der Waals surface area contributed by atoms with Crippen LogP contribution in [0.1, 0.15) is 26.2 Å². The summed E-state index contributed by atoms with van der Waals surface area (Å²) in [5, 5.41) is 8.71. The molecule has 1 heterocycles. The number of hydrogen-bond acceptors (Lipinski definition) is 2. The number of piperidine rings is 1. The minimum atomic E-state index is -0.792. The van der Waals surface area contributed by atoms with Gasteiger partial charge in [0.05, 0.1) is 0 Å². The molecule has 13 heavy (non-hydrogen) atoms. The van der Waals surface area contributed by atoms with Crippen LogP contribution in [0.25, 0.3) is 0 Å². The smallest absolute Gasteiger partial charge is 0.407 e. The SMILES string of the molecule is CC(N)CC1CCN(C(=O)O)CC1. The van der Waals surface area contributed by atoms with Crippen molar-refractivity contribution in [3.63, 3.8) is 0 Å². The van der Waals surface area contributed by atoms with Crippen LogP contribution in [0.4, 0.5) is 4.79 Å². The Morgan fingerprint density at radius 2 is 2.15 bits per heavy atom. The van der Waals surface area contributed by atoms with Crippen LogP contribution in [0.5, 0.6) is 0 Å². The number of hydrogen-bond donors (Lipinski definition) is 2. The van der Waals surface area contributed by atoms with E-state index in [0.29, 0.717) is 19.0 Å². The van der Waals surface area contributed by atoms with E-state index in [2.05, 4.69) is 0 Å². The van der Waals surface area contributed by atoms with Crippen LogP contribution in [-0.2, 0) is 0 Å². The van der Waals surface area contributed by atoms with E-state index < -0.39 is 6.09 Å². The monoisotopic (exact) mass is 186 g/mol. The minimum absolute atomic E-state index is 0.237. The summed E-state index contributed by atoms with van der Waals surface area (Å²) in [4.78, 5) is 12.1. The molecule has 1 amide bonds. The van der Waals surface area contributed by atoms with Crippen molar-refractivity contribution in [2.45, 2.75) is 32.2 Å². The normalized spacial score (nSPS) is 21.5. The average molecular weight is 186 g/mol. The summed E-state index contributed by atoms with van der Waals surface area (Å²) in [6.45, 7) is 3.35. The Hall–Kier alpha value is -0.770. The molecule has 1 unspecified atom stereocenters. The van der Waals surface area contributed by atoms with Crippen LogP contribution >= 0.6 is 0 Å². The molecule has 0 aromatic heterocycles. The Morgan fingerprint density at radius 3 is 2.54 bits per heavy atom. The molecule has 1 saturated heterocycles. The summed E-state index contributed by atoms with van der Waals surface area (Å²) in [5.41, 5.74) is 5.69. The first-order chi connectivity index (χ1) is 6.09. The third-order valence-corrected chi connectivity index (χ3v) is 2.59. The Morgan fingerprint density at radius 1 is 1.62 bits per heavy atom. The second kappa shape index (κ2) is 4.46. The van der Waals surface area contributed by atoms with E-state index in [1.165, 1.54) is 4.90 Å². The molecule has 1 aliphatic rings. The van der Waals surface area contributed by atoms with Gasteiger partial charge in [-0.1, -0.05) is 0 Å². The van der Waals surface area contributed by atoms with Crippen molar-refractivity contribution in [2.24, 2.45) is 11.7 Å². The van der Waals surface area contributed by atoms with Crippen LogP contribution in [0.15, 0.2) is 0 Å². The van der Waals surface area contributed by atoms with Gasteiger partial charge >= 0.3 is 6.09 Å². The summed E-state index contributed by atoms with van der Waals surface area (Å²) >= 11 is 0. The highest BCUT2D eigenvalue weighted by molar-refractivity contribution is 5.64. The first-order valence-electron chi connectivity index (χ1n) is 4.83. The predicted octanol–water partition coefficient (Wildman–Crippen LogP) is 1.11. The highest BCUT2D eigenvalue weighted by Crippen LogP contribution is 2.21. The second-order valence-electron chi connectivity index (χ2n) is 3.93. The largest absolute Gasteiger partial charge is 0.465 e. The summed E-state index contributed by atoms with van der Waals surface area (Å²) in [7, 11) is 0. The van der Waals surface area contributed by atoms with Crippen molar-refractivity contribution in [1.82, 2.24) is 4.90 Å². The van der Waals surface area contributed by atoms with Crippen LogP contribution in [0.3, 0.4) is 0 Å². The number of carboxylic acid groups (broad SMARTS) is 1. The molecular formula is C9H18N2O2. The van der Waals surface area contributed by atoms with Gasteiger partial charge in [-0.2, -0.15) is 0 Å².